The molecule has 0 spiro atoms. The molecule has 2 N–H and O–H groups in total. The Bertz CT molecular complexity index is 474. The molecule has 1 aromatic heterocycles. The van der Waals surface area contributed by atoms with Crippen LogP contribution in [-0.4, -0.2) is 18.6 Å². The van der Waals surface area contributed by atoms with Gasteiger partial charge < -0.3 is 10.3 Å². The van der Waals surface area contributed by atoms with Gasteiger partial charge in [-0.3, -0.25) is 0 Å². The largest absolute Gasteiger partial charge is 0.357 e. The zero-order chi connectivity index (χ0) is 10.8. The quantitative estimate of drug-likeness (QED) is 0.879. The highest BCUT2D eigenvalue weighted by Gasteiger charge is 2.09. The van der Waals surface area contributed by atoms with Gasteiger partial charge >= 0.3 is 0 Å². The molecule has 0 unspecified atom stereocenters. The number of H-pyrrole nitrogens is 1. The molecule has 0 atom stereocenters. The molecule has 0 saturated heterocycles. The van der Waals surface area contributed by atoms with Crippen LogP contribution in [0.15, 0.2) is 22.7 Å². The van der Waals surface area contributed by atoms with Gasteiger partial charge in [0.1, 0.15) is 0 Å². The zero-order valence-electron chi connectivity index (χ0n) is 9.02. The van der Waals surface area contributed by atoms with E-state index in [1.807, 2.05) is 7.05 Å². The van der Waals surface area contributed by atoms with Crippen LogP contribution in [0.1, 0.15) is 11.3 Å². The number of para-hydroxylation sites is 1. The average Bonchev–Trinajstić information content (AvgIpc) is 2.54. The summed E-state index contributed by atoms with van der Waals surface area (Å²) in [6, 6.07) is 6.33. The first kappa shape index (κ1) is 10.7. The molecule has 0 bridgehead atoms. The standard InChI is InChI=1S/C12H15BrN2/c1-8-9(6-7-14-2)10-4-3-5-11(13)12(10)15-8/h3-5,14-15H,6-7H2,1-2H3. The van der Waals surface area contributed by atoms with Crippen LogP contribution < -0.4 is 5.32 Å². The van der Waals surface area contributed by atoms with E-state index in [0.717, 1.165) is 17.4 Å². The summed E-state index contributed by atoms with van der Waals surface area (Å²) in [6.07, 6.45) is 1.07. The fourth-order valence-corrected chi connectivity index (χ4v) is 2.41. The molecule has 3 heteroatoms. The van der Waals surface area contributed by atoms with E-state index in [9.17, 15) is 0 Å². The van der Waals surface area contributed by atoms with Crippen LogP contribution in [0.2, 0.25) is 0 Å². The molecule has 1 aromatic carbocycles. The molecule has 0 fully saturated rings. The molecule has 0 amide bonds. The van der Waals surface area contributed by atoms with Gasteiger partial charge in [0.05, 0.1) is 5.52 Å². The molecular weight excluding hydrogens is 252 g/mol. The molecule has 2 rings (SSSR count). The number of aromatic amines is 1. The predicted molar refractivity (Wildman–Crippen MR) is 68.4 cm³/mol. The van der Waals surface area contributed by atoms with Gasteiger partial charge in [0.25, 0.3) is 0 Å². The number of likely N-dealkylation sites (N-methyl/N-ethyl adjacent to an activating group) is 1. The Kier molecular flexibility index (Phi) is 3.12. The lowest BCUT2D eigenvalue weighted by Crippen LogP contribution is -2.10. The Morgan fingerprint density at radius 2 is 2.20 bits per heavy atom. The molecule has 0 aliphatic carbocycles. The monoisotopic (exact) mass is 266 g/mol. The molecule has 2 nitrogen and oxygen atoms in total. The molecule has 80 valence electrons. The summed E-state index contributed by atoms with van der Waals surface area (Å²) in [6.45, 7) is 3.15. The van der Waals surface area contributed by atoms with Crippen molar-refractivity contribution in [2.45, 2.75) is 13.3 Å². The van der Waals surface area contributed by atoms with Crippen LogP contribution in [0.5, 0.6) is 0 Å². The number of fused-ring (bicyclic) bond motifs is 1. The highest BCUT2D eigenvalue weighted by molar-refractivity contribution is 9.10. The Morgan fingerprint density at radius 1 is 1.40 bits per heavy atom. The van der Waals surface area contributed by atoms with Crippen molar-refractivity contribution in [2.24, 2.45) is 0 Å². The second kappa shape index (κ2) is 4.37. The van der Waals surface area contributed by atoms with Crippen LogP contribution in [0.3, 0.4) is 0 Å². The van der Waals surface area contributed by atoms with Gasteiger partial charge in [0, 0.05) is 15.6 Å². The average molecular weight is 267 g/mol. The summed E-state index contributed by atoms with van der Waals surface area (Å²) in [7, 11) is 1.99. The minimum Gasteiger partial charge on any atom is -0.357 e. The highest BCUT2D eigenvalue weighted by atomic mass is 79.9. The van der Waals surface area contributed by atoms with Crippen LogP contribution in [-0.2, 0) is 6.42 Å². The summed E-state index contributed by atoms with van der Waals surface area (Å²) in [5.74, 6) is 0. The first-order chi connectivity index (χ1) is 7.24. The first-order valence-electron chi connectivity index (χ1n) is 5.14. The van der Waals surface area contributed by atoms with E-state index >= 15 is 0 Å². The molecule has 0 radical (unpaired) electrons. The Morgan fingerprint density at radius 3 is 2.93 bits per heavy atom. The van der Waals surface area contributed by atoms with Gasteiger partial charge in [-0.15, -0.1) is 0 Å². The maximum atomic E-state index is 3.57. The maximum absolute atomic E-state index is 3.57. The number of aromatic nitrogens is 1. The number of hydrogen-bond acceptors (Lipinski definition) is 1. The third-order valence-electron chi connectivity index (χ3n) is 2.73. The minimum absolute atomic E-state index is 1.01. The molecule has 0 saturated carbocycles. The van der Waals surface area contributed by atoms with Gasteiger partial charge in [-0.2, -0.15) is 0 Å². The van der Waals surface area contributed by atoms with E-state index in [2.05, 4.69) is 51.4 Å². The lowest BCUT2D eigenvalue weighted by molar-refractivity contribution is 0.791. The number of rotatable bonds is 3. The van der Waals surface area contributed by atoms with Crippen molar-refractivity contribution in [3.05, 3.63) is 33.9 Å². The van der Waals surface area contributed by atoms with Crippen molar-refractivity contribution in [1.29, 1.82) is 0 Å². The van der Waals surface area contributed by atoms with E-state index in [1.165, 1.54) is 22.2 Å². The summed E-state index contributed by atoms with van der Waals surface area (Å²) in [4.78, 5) is 3.43. The molecule has 15 heavy (non-hydrogen) atoms. The molecule has 0 aliphatic heterocycles. The van der Waals surface area contributed by atoms with Crippen molar-refractivity contribution in [1.82, 2.24) is 10.3 Å². The third-order valence-corrected chi connectivity index (χ3v) is 3.39. The number of aryl methyl sites for hydroxylation is 1. The van der Waals surface area contributed by atoms with Crippen molar-refractivity contribution in [3.8, 4) is 0 Å². The second-order valence-corrected chi connectivity index (χ2v) is 4.60. The van der Waals surface area contributed by atoms with Crippen LogP contribution in [0.25, 0.3) is 10.9 Å². The number of benzene rings is 1. The van der Waals surface area contributed by atoms with E-state index in [4.69, 9.17) is 0 Å². The highest BCUT2D eigenvalue weighted by Crippen LogP contribution is 2.28. The summed E-state index contributed by atoms with van der Waals surface area (Å²) in [5.41, 5.74) is 3.90. The van der Waals surface area contributed by atoms with Gasteiger partial charge in [0.2, 0.25) is 0 Å². The number of nitrogens with one attached hydrogen (secondary N) is 2. The smallest absolute Gasteiger partial charge is 0.0603 e. The molecule has 0 aliphatic rings. The minimum atomic E-state index is 1.01. The second-order valence-electron chi connectivity index (χ2n) is 3.74. The Balaban J connectivity index is 2.53. The first-order valence-corrected chi connectivity index (χ1v) is 5.93. The van der Waals surface area contributed by atoms with Crippen molar-refractivity contribution in [2.75, 3.05) is 13.6 Å². The van der Waals surface area contributed by atoms with Gasteiger partial charge in [-0.25, -0.2) is 0 Å². The topological polar surface area (TPSA) is 27.8 Å². The molecular formula is C12H15BrN2. The molecule has 1 heterocycles. The SMILES string of the molecule is CNCCc1c(C)[nH]c2c(Br)cccc12. The normalized spacial score (nSPS) is 11.1. The maximum Gasteiger partial charge on any atom is 0.0603 e. The van der Waals surface area contributed by atoms with Gasteiger partial charge in [-0.05, 0) is 54.5 Å². The number of halogens is 1. The van der Waals surface area contributed by atoms with E-state index in [-0.39, 0.29) is 0 Å². The van der Waals surface area contributed by atoms with Crippen LogP contribution in [0.4, 0.5) is 0 Å². The van der Waals surface area contributed by atoms with Crippen LogP contribution >= 0.6 is 15.9 Å². The van der Waals surface area contributed by atoms with Gasteiger partial charge in [-0.1, -0.05) is 12.1 Å². The van der Waals surface area contributed by atoms with E-state index < -0.39 is 0 Å². The lowest BCUT2D eigenvalue weighted by atomic mass is 10.1. The van der Waals surface area contributed by atoms with Crippen LogP contribution in [0, 0.1) is 6.92 Å². The summed E-state index contributed by atoms with van der Waals surface area (Å²) >= 11 is 3.57. The third kappa shape index (κ3) is 1.94. The van der Waals surface area contributed by atoms with Crippen molar-refractivity contribution in [3.63, 3.8) is 0 Å². The van der Waals surface area contributed by atoms with E-state index in [0.29, 0.717) is 0 Å². The van der Waals surface area contributed by atoms with Crippen molar-refractivity contribution < 1.29 is 0 Å². The lowest BCUT2D eigenvalue weighted by Gasteiger charge is -2.00. The molecule has 2 aromatic rings. The fourth-order valence-electron chi connectivity index (χ4n) is 1.94. The zero-order valence-corrected chi connectivity index (χ0v) is 10.6. The van der Waals surface area contributed by atoms with E-state index in [1.54, 1.807) is 0 Å². The fraction of sp³-hybridized carbons (Fsp3) is 0.333. The summed E-state index contributed by atoms with van der Waals surface area (Å²) in [5, 5.41) is 4.52. The summed E-state index contributed by atoms with van der Waals surface area (Å²) < 4.78 is 1.14. The Labute approximate surface area is 98.2 Å². The van der Waals surface area contributed by atoms with Gasteiger partial charge in [0.15, 0.2) is 0 Å². The number of hydrogen-bond donors (Lipinski definition) is 2. The Hall–Kier alpha value is -0.800. The van der Waals surface area contributed by atoms with Crippen molar-refractivity contribution >= 4 is 26.8 Å². The predicted octanol–water partition coefficient (Wildman–Crippen LogP) is 3.00.